The van der Waals surface area contributed by atoms with Gasteiger partial charge in [0.25, 0.3) is 11.5 Å². The van der Waals surface area contributed by atoms with Gasteiger partial charge in [0, 0.05) is 12.1 Å². The number of carbonyl (C=O) groups excluding carboxylic acids is 2. The maximum absolute atomic E-state index is 13.1. The molecule has 140 valence electrons. The lowest BCUT2D eigenvalue weighted by Gasteiger charge is -2.28. The number of rotatable bonds is 2. The third kappa shape index (κ3) is 2.73. The van der Waals surface area contributed by atoms with Gasteiger partial charge in [0.2, 0.25) is 5.78 Å². The molecule has 0 fully saturated rings. The minimum absolute atomic E-state index is 0.0797. The van der Waals surface area contributed by atoms with Crippen LogP contribution in [0.1, 0.15) is 22.8 Å². The van der Waals surface area contributed by atoms with E-state index >= 15 is 0 Å². The predicted octanol–water partition coefficient (Wildman–Crippen LogP) is 0.637. The van der Waals surface area contributed by atoms with Crippen LogP contribution in [0.25, 0.3) is 11.6 Å². The Labute approximate surface area is 159 Å². The molecule has 0 radical (unpaired) electrons. The number of phenols is 1. The average Bonchev–Trinajstić information content (AvgIpc) is 3.04. The van der Waals surface area contributed by atoms with Crippen LogP contribution < -0.4 is 21.0 Å². The van der Waals surface area contributed by atoms with Crippen LogP contribution in [0.4, 0.5) is 5.69 Å². The van der Waals surface area contributed by atoms with E-state index in [1.165, 1.54) is 17.0 Å². The Morgan fingerprint density at radius 2 is 1.71 bits per heavy atom. The molecule has 3 N–H and O–H groups in total. The van der Waals surface area contributed by atoms with E-state index in [1.807, 2.05) is 6.92 Å². The molecule has 1 aliphatic heterocycles. The predicted molar refractivity (Wildman–Crippen MR) is 105 cm³/mol. The number of aromatic amines is 2. The second kappa shape index (κ2) is 6.70. The molecule has 2 heterocycles. The molecule has 7 heteroatoms. The van der Waals surface area contributed by atoms with E-state index < -0.39 is 17.2 Å². The van der Waals surface area contributed by atoms with Crippen LogP contribution >= 0.6 is 0 Å². The molecule has 1 amide bonds. The average molecular weight is 375 g/mol. The molecule has 0 saturated carbocycles. The fourth-order valence-electron chi connectivity index (χ4n) is 3.35. The lowest BCUT2D eigenvalue weighted by molar-refractivity contribution is -0.113. The lowest BCUT2D eigenvalue weighted by Crippen LogP contribution is -2.45. The number of phenolic OH excluding ortho intramolecular Hbond substituents is 1. The van der Waals surface area contributed by atoms with Crippen molar-refractivity contribution in [2.24, 2.45) is 0 Å². The number of benzene rings is 2. The number of Topliss-reactive ketones (excluding diaryl/α,β-unsaturated/α-hetero) is 1. The van der Waals surface area contributed by atoms with E-state index in [1.54, 1.807) is 42.5 Å². The molecule has 1 aromatic heterocycles. The summed E-state index contributed by atoms with van der Waals surface area (Å²) in [5.41, 5.74) is 1.09. The quantitative estimate of drug-likeness (QED) is 0.611. The van der Waals surface area contributed by atoms with Crippen LogP contribution in [0, 0.1) is 0 Å². The van der Waals surface area contributed by atoms with E-state index in [0.717, 1.165) is 0 Å². The number of hydrogen-bond donors (Lipinski definition) is 3. The Bertz CT molecular complexity index is 1270. The number of anilines is 1. The molecule has 0 saturated heterocycles. The fourth-order valence-corrected chi connectivity index (χ4v) is 3.35. The number of ketones is 1. The summed E-state index contributed by atoms with van der Waals surface area (Å²) in [7, 11) is 0. The highest BCUT2D eigenvalue weighted by Crippen LogP contribution is 2.29. The number of amides is 1. The SMILES string of the molecule is CCN1C(=O)C(=c2[nH][nH]c(=O)c2=Cc2ccc(O)cc2)C(=O)c2ccccc21. The number of nitrogens with one attached hydrogen (secondary N) is 2. The zero-order chi connectivity index (χ0) is 19.8. The second-order valence-corrected chi connectivity index (χ2v) is 6.37. The smallest absolute Gasteiger partial charge is 0.271 e. The van der Waals surface area contributed by atoms with Crippen molar-refractivity contribution in [3.05, 3.63) is 80.6 Å². The van der Waals surface area contributed by atoms with Crippen LogP contribution in [-0.2, 0) is 4.79 Å². The molecule has 28 heavy (non-hydrogen) atoms. The number of aromatic hydroxyl groups is 1. The summed E-state index contributed by atoms with van der Waals surface area (Å²) in [5, 5.41) is 14.9. The molecule has 0 bridgehead atoms. The second-order valence-electron chi connectivity index (χ2n) is 6.37. The van der Waals surface area contributed by atoms with Crippen molar-refractivity contribution in [3.63, 3.8) is 0 Å². The molecule has 2 aromatic carbocycles. The van der Waals surface area contributed by atoms with Gasteiger partial charge in [-0.05, 0) is 42.8 Å². The Balaban J connectivity index is 2.03. The Morgan fingerprint density at radius 1 is 1.00 bits per heavy atom. The highest BCUT2D eigenvalue weighted by Gasteiger charge is 2.35. The molecule has 0 atom stereocenters. The Morgan fingerprint density at radius 3 is 2.43 bits per heavy atom. The summed E-state index contributed by atoms with van der Waals surface area (Å²) in [5.74, 6) is -0.787. The van der Waals surface area contributed by atoms with Gasteiger partial charge >= 0.3 is 0 Å². The zero-order valence-electron chi connectivity index (χ0n) is 15.0. The van der Waals surface area contributed by atoms with Crippen molar-refractivity contribution in [2.45, 2.75) is 6.92 Å². The maximum atomic E-state index is 13.1. The number of H-pyrrole nitrogens is 2. The van der Waals surface area contributed by atoms with E-state index in [0.29, 0.717) is 23.4 Å². The summed E-state index contributed by atoms with van der Waals surface area (Å²) in [6.45, 7) is 2.21. The van der Waals surface area contributed by atoms with Gasteiger partial charge in [-0.3, -0.25) is 24.6 Å². The topological polar surface area (TPSA) is 106 Å². The van der Waals surface area contributed by atoms with Crippen LogP contribution in [-0.4, -0.2) is 33.5 Å². The van der Waals surface area contributed by atoms with Crippen LogP contribution in [0.5, 0.6) is 5.75 Å². The minimum Gasteiger partial charge on any atom is -0.508 e. The first-order chi connectivity index (χ1) is 13.5. The lowest BCUT2D eigenvalue weighted by atomic mass is 9.94. The van der Waals surface area contributed by atoms with Crippen LogP contribution in [0.2, 0.25) is 0 Å². The summed E-state index contributed by atoms with van der Waals surface area (Å²) in [6, 6.07) is 13.2. The first-order valence-electron chi connectivity index (χ1n) is 8.78. The molecule has 0 unspecified atom stereocenters. The third-order valence-electron chi connectivity index (χ3n) is 4.71. The highest BCUT2D eigenvalue weighted by atomic mass is 16.3. The summed E-state index contributed by atoms with van der Waals surface area (Å²) in [6.07, 6.45) is 1.56. The first-order valence-corrected chi connectivity index (χ1v) is 8.78. The number of para-hydroxylation sites is 1. The molecule has 7 nitrogen and oxygen atoms in total. The van der Waals surface area contributed by atoms with Gasteiger partial charge in [0.15, 0.2) is 0 Å². The van der Waals surface area contributed by atoms with Crippen molar-refractivity contribution in [3.8, 4) is 5.75 Å². The largest absolute Gasteiger partial charge is 0.508 e. The monoisotopic (exact) mass is 375 g/mol. The number of nitrogens with zero attached hydrogens (tertiary/aromatic N) is 1. The van der Waals surface area contributed by atoms with E-state index in [9.17, 15) is 19.5 Å². The summed E-state index contributed by atoms with van der Waals surface area (Å²) < 4.78 is 0. The van der Waals surface area contributed by atoms with Crippen molar-refractivity contribution >= 4 is 29.0 Å². The van der Waals surface area contributed by atoms with E-state index in [-0.39, 0.29) is 21.9 Å². The van der Waals surface area contributed by atoms with Crippen molar-refractivity contribution in [1.29, 1.82) is 0 Å². The third-order valence-corrected chi connectivity index (χ3v) is 4.71. The standard InChI is InChI=1S/C21H17N3O4/c1-2-24-16-6-4-3-5-14(16)19(26)17(21(24)28)18-15(20(27)23-22-18)11-12-7-9-13(25)10-8-12/h3-11,22,25H,2H2,1H3,(H,23,27). The molecule has 4 rings (SSSR count). The van der Waals surface area contributed by atoms with Crippen LogP contribution in [0.15, 0.2) is 53.3 Å². The van der Waals surface area contributed by atoms with Gasteiger partial charge in [-0.15, -0.1) is 0 Å². The number of carbonyl (C=O) groups is 2. The van der Waals surface area contributed by atoms with Gasteiger partial charge < -0.3 is 10.0 Å². The van der Waals surface area contributed by atoms with E-state index in [4.69, 9.17) is 0 Å². The highest BCUT2D eigenvalue weighted by molar-refractivity contribution is 6.51. The van der Waals surface area contributed by atoms with Crippen molar-refractivity contribution < 1.29 is 14.7 Å². The summed E-state index contributed by atoms with van der Waals surface area (Å²) in [4.78, 5) is 40.0. The Hall–Kier alpha value is -3.87. The number of hydrogen-bond acceptors (Lipinski definition) is 4. The summed E-state index contributed by atoms with van der Waals surface area (Å²) >= 11 is 0. The van der Waals surface area contributed by atoms with E-state index in [2.05, 4.69) is 10.2 Å². The minimum atomic E-state index is -0.457. The number of fused-ring (bicyclic) bond motifs is 1. The molecular formula is C21H17N3O4. The normalized spacial score (nSPS) is 16.5. The molecule has 0 spiro atoms. The van der Waals surface area contributed by atoms with Crippen LogP contribution in [0.3, 0.4) is 0 Å². The van der Waals surface area contributed by atoms with Gasteiger partial charge in [0.05, 0.1) is 16.3 Å². The van der Waals surface area contributed by atoms with Crippen molar-refractivity contribution in [1.82, 2.24) is 10.2 Å². The Kier molecular flexibility index (Phi) is 4.19. The van der Waals surface area contributed by atoms with Gasteiger partial charge in [0.1, 0.15) is 11.3 Å². The molecular weight excluding hydrogens is 358 g/mol. The first kappa shape index (κ1) is 17.5. The maximum Gasteiger partial charge on any atom is 0.271 e. The van der Waals surface area contributed by atoms with Gasteiger partial charge in [-0.1, -0.05) is 24.3 Å². The van der Waals surface area contributed by atoms with Crippen molar-refractivity contribution in [2.75, 3.05) is 11.4 Å². The molecule has 0 aliphatic carbocycles. The fraction of sp³-hybridized carbons (Fsp3) is 0.0952. The zero-order valence-corrected chi connectivity index (χ0v) is 15.0. The molecule has 1 aliphatic rings. The number of aromatic nitrogens is 2. The van der Waals surface area contributed by atoms with Gasteiger partial charge in [-0.25, -0.2) is 0 Å². The molecule has 3 aromatic rings. The van der Waals surface area contributed by atoms with Gasteiger partial charge in [-0.2, -0.15) is 0 Å².